The zero-order valence-electron chi connectivity index (χ0n) is 22.8. The van der Waals surface area contributed by atoms with E-state index in [9.17, 15) is 0 Å². The molecule has 1 heterocycles. The Hall–Kier alpha value is 1.17. The molecule has 0 aromatic carbocycles. The van der Waals surface area contributed by atoms with E-state index in [2.05, 4.69) is 34.8 Å². The molecule has 0 saturated carbocycles. The molecule has 3 nitrogen and oxygen atoms in total. The molecule has 198 valence electrons. The maximum Gasteiger partial charge on any atom is 0.0599 e. The van der Waals surface area contributed by atoms with Crippen molar-refractivity contribution < 1.29 is 0 Å². The van der Waals surface area contributed by atoms with Gasteiger partial charge < -0.3 is 0 Å². The van der Waals surface area contributed by atoms with E-state index >= 15 is 0 Å². The van der Waals surface area contributed by atoms with Crippen LogP contribution in [0.2, 0.25) is 0 Å². The lowest BCUT2D eigenvalue weighted by atomic mass is 10.1. The van der Waals surface area contributed by atoms with Crippen LogP contribution < -0.4 is 0 Å². The van der Waals surface area contributed by atoms with E-state index in [1.807, 2.05) is 0 Å². The summed E-state index contributed by atoms with van der Waals surface area (Å²) in [6.45, 7) is 10.7. The molecule has 0 N–H and O–H groups in total. The highest BCUT2D eigenvalue weighted by molar-refractivity contribution is 7.37. The van der Waals surface area contributed by atoms with E-state index in [4.69, 9.17) is 0 Å². The van der Waals surface area contributed by atoms with Crippen molar-refractivity contribution in [2.75, 3.05) is 38.5 Å². The fourth-order valence-electron chi connectivity index (χ4n) is 4.48. The standard InChI is InChI=1S/C27H60N3P3/c1-4-7-10-13-16-19-22-31-28-25-29(32-23-20-17-14-11-8-5-2)27-30(26-28)33-24-21-18-15-12-9-6-3/h31-33H,4-27H2,1-3H3. The van der Waals surface area contributed by atoms with Crippen molar-refractivity contribution >= 4 is 26.2 Å². The smallest absolute Gasteiger partial charge is 0.0599 e. The molecule has 0 radical (unpaired) electrons. The van der Waals surface area contributed by atoms with Crippen molar-refractivity contribution in [2.24, 2.45) is 0 Å². The molecule has 6 heteroatoms. The molecule has 3 unspecified atom stereocenters. The number of nitrogens with zero attached hydrogens (tertiary/aromatic N) is 3. The van der Waals surface area contributed by atoms with Crippen molar-refractivity contribution in [3.05, 3.63) is 0 Å². The van der Waals surface area contributed by atoms with Gasteiger partial charge in [-0.1, -0.05) is 117 Å². The molecule has 1 rings (SSSR count). The normalized spacial score (nSPS) is 17.2. The Labute approximate surface area is 214 Å². The molecule has 0 aromatic heterocycles. The lowest BCUT2D eigenvalue weighted by Gasteiger charge is -2.42. The SMILES string of the molecule is CCCCCCCCPN1CN(PCCCCCCCC)CN(PCCCCCCCC)C1. The molecule has 1 aliphatic rings. The van der Waals surface area contributed by atoms with Crippen LogP contribution in [-0.4, -0.2) is 52.5 Å². The van der Waals surface area contributed by atoms with Crippen LogP contribution in [0.3, 0.4) is 0 Å². The Bertz CT molecular complexity index is 338. The Morgan fingerprint density at radius 3 is 0.879 bits per heavy atom. The first-order valence-electron chi connectivity index (χ1n) is 14.8. The maximum atomic E-state index is 2.79. The van der Waals surface area contributed by atoms with Crippen molar-refractivity contribution in [3.8, 4) is 0 Å². The third-order valence-corrected chi connectivity index (χ3v) is 10.5. The number of rotatable bonds is 24. The third kappa shape index (κ3) is 20.0. The molecule has 3 atom stereocenters. The van der Waals surface area contributed by atoms with Crippen LogP contribution in [0.4, 0.5) is 0 Å². The second kappa shape index (κ2) is 24.8. The summed E-state index contributed by atoms with van der Waals surface area (Å²) in [5, 5.41) is 0. The van der Waals surface area contributed by atoms with Gasteiger partial charge in [0, 0.05) is 0 Å². The Balaban J connectivity index is 2.27. The van der Waals surface area contributed by atoms with Crippen LogP contribution in [0.25, 0.3) is 0 Å². The molecule has 1 aliphatic heterocycles. The largest absolute Gasteiger partial charge is 0.258 e. The van der Waals surface area contributed by atoms with Gasteiger partial charge in [0.2, 0.25) is 0 Å². The van der Waals surface area contributed by atoms with Crippen molar-refractivity contribution in [1.82, 2.24) is 14.0 Å². The van der Waals surface area contributed by atoms with Gasteiger partial charge in [-0.15, -0.1) is 0 Å². The van der Waals surface area contributed by atoms with E-state index in [1.54, 1.807) is 0 Å². The minimum atomic E-state index is 1.03. The summed E-state index contributed by atoms with van der Waals surface area (Å²) in [5.74, 6) is 0. The second-order valence-corrected chi connectivity index (χ2v) is 14.4. The Morgan fingerprint density at radius 2 is 0.606 bits per heavy atom. The minimum absolute atomic E-state index is 1.03. The highest BCUT2D eigenvalue weighted by Gasteiger charge is 2.22. The first-order chi connectivity index (χ1) is 16.3. The van der Waals surface area contributed by atoms with Gasteiger partial charge in [-0.05, 0) is 63.9 Å². The first kappa shape index (κ1) is 32.2. The highest BCUT2D eigenvalue weighted by Crippen LogP contribution is 2.34. The molecule has 0 amide bonds. The fourth-order valence-corrected chi connectivity index (χ4v) is 8.70. The zero-order chi connectivity index (χ0) is 23.8. The molecule has 0 aromatic rings. The first-order valence-corrected chi connectivity index (χ1v) is 18.2. The van der Waals surface area contributed by atoms with Gasteiger partial charge in [0.1, 0.15) is 0 Å². The lowest BCUT2D eigenvalue weighted by molar-refractivity contribution is 0.147. The fraction of sp³-hybridized carbons (Fsp3) is 1.00. The number of hydrogen-bond acceptors (Lipinski definition) is 3. The van der Waals surface area contributed by atoms with Gasteiger partial charge in [0.15, 0.2) is 0 Å². The summed E-state index contributed by atoms with van der Waals surface area (Å²) < 4.78 is 8.37. The van der Waals surface area contributed by atoms with Gasteiger partial charge >= 0.3 is 0 Å². The number of unbranched alkanes of at least 4 members (excludes halogenated alkanes) is 15. The molecule has 0 bridgehead atoms. The van der Waals surface area contributed by atoms with Crippen LogP contribution >= 0.6 is 26.2 Å². The molecular formula is C27H60N3P3. The van der Waals surface area contributed by atoms with E-state index < -0.39 is 0 Å². The van der Waals surface area contributed by atoms with Crippen LogP contribution in [0.1, 0.15) is 136 Å². The Kier molecular flexibility index (Phi) is 24.2. The monoisotopic (exact) mass is 519 g/mol. The van der Waals surface area contributed by atoms with Crippen molar-refractivity contribution in [3.63, 3.8) is 0 Å². The Morgan fingerprint density at radius 1 is 0.364 bits per heavy atom. The third-order valence-electron chi connectivity index (χ3n) is 6.62. The maximum absolute atomic E-state index is 2.79. The predicted molar refractivity (Wildman–Crippen MR) is 160 cm³/mol. The van der Waals surface area contributed by atoms with Crippen molar-refractivity contribution in [1.29, 1.82) is 0 Å². The summed E-state index contributed by atoms with van der Waals surface area (Å²) in [6, 6.07) is 0. The number of hydrogen-bond donors (Lipinski definition) is 0. The minimum Gasteiger partial charge on any atom is -0.258 e. The van der Waals surface area contributed by atoms with E-state index in [-0.39, 0.29) is 0 Å². The second-order valence-electron chi connectivity index (χ2n) is 10.1. The van der Waals surface area contributed by atoms with Gasteiger partial charge in [0.25, 0.3) is 0 Å². The van der Waals surface area contributed by atoms with E-state index in [0.29, 0.717) is 0 Å². The quantitative estimate of drug-likeness (QED) is 0.0928. The summed E-state index contributed by atoms with van der Waals surface area (Å²) >= 11 is 0. The average Bonchev–Trinajstić information content (AvgIpc) is 2.82. The zero-order valence-corrected chi connectivity index (χ0v) is 25.8. The molecule has 33 heavy (non-hydrogen) atoms. The summed E-state index contributed by atoms with van der Waals surface area (Å²) in [4.78, 5) is 0. The van der Waals surface area contributed by atoms with Crippen LogP contribution in [-0.2, 0) is 0 Å². The van der Waals surface area contributed by atoms with Crippen molar-refractivity contribution in [2.45, 2.75) is 136 Å². The average molecular weight is 520 g/mol. The van der Waals surface area contributed by atoms with E-state index in [0.717, 1.165) is 26.2 Å². The van der Waals surface area contributed by atoms with E-state index in [1.165, 1.54) is 154 Å². The van der Waals surface area contributed by atoms with Gasteiger partial charge in [-0.25, -0.2) is 0 Å². The van der Waals surface area contributed by atoms with Gasteiger partial charge in [-0.2, -0.15) is 0 Å². The van der Waals surface area contributed by atoms with Gasteiger partial charge in [-0.3, -0.25) is 14.0 Å². The lowest BCUT2D eigenvalue weighted by Crippen LogP contribution is -2.46. The summed E-state index contributed by atoms with van der Waals surface area (Å²) in [6.07, 6.45) is 30.0. The highest BCUT2D eigenvalue weighted by atomic mass is 31.1. The predicted octanol–water partition coefficient (Wildman–Crippen LogP) is 9.64. The summed E-state index contributed by atoms with van der Waals surface area (Å²) in [7, 11) is 3.10. The molecule has 1 saturated heterocycles. The van der Waals surface area contributed by atoms with Crippen LogP contribution in [0.15, 0.2) is 0 Å². The molecule has 0 aliphatic carbocycles. The molecule has 1 fully saturated rings. The molecule has 0 spiro atoms. The van der Waals surface area contributed by atoms with Gasteiger partial charge in [0.05, 0.1) is 20.0 Å². The van der Waals surface area contributed by atoms with Crippen LogP contribution in [0.5, 0.6) is 0 Å². The molecular weight excluding hydrogens is 459 g/mol. The topological polar surface area (TPSA) is 9.72 Å². The summed E-state index contributed by atoms with van der Waals surface area (Å²) in [5.41, 5.74) is 0. The van der Waals surface area contributed by atoms with Crippen LogP contribution in [0, 0.1) is 0 Å².